The molecule has 4 amide bonds. The summed E-state index contributed by atoms with van der Waals surface area (Å²) in [5.41, 5.74) is 0.938. The molecule has 13 heteroatoms. The average molecular weight is 549 g/mol. The van der Waals surface area contributed by atoms with E-state index in [4.69, 9.17) is 9.29 Å². The fourth-order valence-corrected chi connectivity index (χ4v) is 5.85. The number of imide groups is 2. The van der Waals surface area contributed by atoms with E-state index >= 15 is 0 Å². The van der Waals surface area contributed by atoms with Crippen LogP contribution >= 0.6 is 0 Å². The van der Waals surface area contributed by atoms with Crippen molar-refractivity contribution in [3.05, 3.63) is 59.2 Å². The normalized spacial score (nSPS) is 18.6. The van der Waals surface area contributed by atoms with Gasteiger partial charge in [0, 0.05) is 13.0 Å². The summed E-state index contributed by atoms with van der Waals surface area (Å²) >= 11 is 0. The van der Waals surface area contributed by atoms with E-state index in [-0.39, 0.29) is 46.1 Å². The van der Waals surface area contributed by atoms with Gasteiger partial charge in [0.25, 0.3) is 21.9 Å². The first kappa shape index (κ1) is 26.8. The second-order valence-electron chi connectivity index (χ2n) is 8.51. The molecular weight excluding hydrogens is 524 g/mol. The largest absolute Gasteiger partial charge is 0.380 e. The molecule has 1 fully saturated rings. The molecule has 0 spiro atoms. The van der Waals surface area contributed by atoms with E-state index in [0.29, 0.717) is 19.4 Å². The Morgan fingerprint density at radius 2 is 1.76 bits per heavy atom. The Bertz CT molecular complexity index is 1390. The summed E-state index contributed by atoms with van der Waals surface area (Å²) in [5.74, 6) is -2.46. The van der Waals surface area contributed by atoms with Crippen molar-refractivity contribution >= 4 is 44.5 Å². The predicted molar refractivity (Wildman–Crippen MR) is 130 cm³/mol. The van der Waals surface area contributed by atoms with Crippen LogP contribution in [0.1, 0.15) is 45.5 Å². The van der Waals surface area contributed by atoms with Gasteiger partial charge in [-0.1, -0.05) is 18.2 Å². The van der Waals surface area contributed by atoms with Crippen LogP contribution < -0.4 is 5.32 Å². The minimum Gasteiger partial charge on any atom is -0.380 e. The third-order valence-corrected chi connectivity index (χ3v) is 8.30. The molecule has 0 bridgehead atoms. The average Bonchev–Trinajstić information content (AvgIpc) is 3.11. The standard InChI is InChI=1S/C24H24N2O9S2/c27-20-11-10-18(22(28)25-20)26-23(29)17-4-1-5-19(21(17)24(26)30)36(31)14-13-35-12-2-3-15-6-8-16(9-7-15)37(32,33)34/h1,4-9,18H,2-3,10-14H2,(H,25,27,28)(H,32,33,34). The second-order valence-corrected chi connectivity index (χ2v) is 11.5. The minimum absolute atomic E-state index is 0.00359. The number of carbonyl (C=O) groups excluding carboxylic acids is 4. The van der Waals surface area contributed by atoms with Gasteiger partial charge in [-0.05, 0) is 49.1 Å². The van der Waals surface area contributed by atoms with Crippen molar-refractivity contribution in [2.45, 2.75) is 41.5 Å². The van der Waals surface area contributed by atoms with Gasteiger partial charge < -0.3 is 4.74 Å². The molecule has 2 aliphatic heterocycles. The summed E-state index contributed by atoms with van der Waals surface area (Å²) in [7, 11) is -5.88. The van der Waals surface area contributed by atoms with Gasteiger partial charge in [0.2, 0.25) is 11.8 Å². The van der Waals surface area contributed by atoms with Crippen LogP contribution in [0.3, 0.4) is 0 Å². The molecule has 2 N–H and O–H groups in total. The van der Waals surface area contributed by atoms with Crippen LogP contribution in [0.2, 0.25) is 0 Å². The van der Waals surface area contributed by atoms with Gasteiger partial charge in [-0.3, -0.25) is 38.2 Å². The Morgan fingerprint density at radius 3 is 2.43 bits per heavy atom. The number of rotatable bonds is 10. The van der Waals surface area contributed by atoms with Crippen molar-refractivity contribution in [1.29, 1.82) is 0 Å². The summed E-state index contributed by atoms with van der Waals surface area (Å²) < 4.78 is 49.7. The molecule has 37 heavy (non-hydrogen) atoms. The molecule has 0 radical (unpaired) electrons. The van der Waals surface area contributed by atoms with Gasteiger partial charge in [0.15, 0.2) is 0 Å². The smallest absolute Gasteiger partial charge is 0.294 e. The molecule has 2 unspecified atom stereocenters. The number of ether oxygens (including phenoxy) is 1. The highest BCUT2D eigenvalue weighted by Crippen LogP contribution is 2.31. The van der Waals surface area contributed by atoms with Crippen molar-refractivity contribution in [2.24, 2.45) is 0 Å². The van der Waals surface area contributed by atoms with E-state index in [9.17, 15) is 31.8 Å². The fraction of sp³-hybridized carbons (Fsp3) is 0.333. The summed E-state index contributed by atoms with van der Waals surface area (Å²) in [6.45, 7) is 0.488. The maximum absolute atomic E-state index is 13.1. The topological polar surface area (TPSA) is 164 Å². The van der Waals surface area contributed by atoms with Crippen molar-refractivity contribution in [3.8, 4) is 0 Å². The zero-order chi connectivity index (χ0) is 26.7. The molecule has 4 rings (SSSR count). The molecule has 196 valence electrons. The first-order chi connectivity index (χ1) is 17.6. The molecule has 2 aromatic carbocycles. The summed E-state index contributed by atoms with van der Waals surface area (Å²) in [6.07, 6.45) is 1.27. The quantitative estimate of drug-likeness (QED) is 0.251. The highest BCUT2D eigenvalue weighted by atomic mass is 32.2. The van der Waals surface area contributed by atoms with Crippen LogP contribution in [0.15, 0.2) is 52.3 Å². The van der Waals surface area contributed by atoms with Crippen LogP contribution in [-0.4, -0.2) is 70.7 Å². The number of fused-ring (bicyclic) bond motifs is 1. The van der Waals surface area contributed by atoms with E-state index in [1.54, 1.807) is 12.1 Å². The highest BCUT2D eigenvalue weighted by Gasteiger charge is 2.46. The fourth-order valence-electron chi connectivity index (χ4n) is 4.23. The molecule has 0 aromatic heterocycles. The molecule has 2 heterocycles. The number of hydrogen-bond acceptors (Lipinski definition) is 8. The molecule has 2 aliphatic rings. The summed E-state index contributed by atoms with van der Waals surface area (Å²) in [5, 5.41) is 2.14. The van der Waals surface area contributed by atoms with Gasteiger partial charge >= 0.3 is 0 Å². The van der Waals surface area contributed by atoms with Gasteiger partial charge in [-0.2, -0.15) is 8.42 Å². The van der Waals surface area contributed by atoms with Crippen LogP contribution in [0.25, 0.3) is 0 Å². The lowest BCUT2D eigenvalue weighted by Gasteiger charge is -2.27. The van der Waals surface area contributed by atoms with Crippen LogP contribution in [-0.2, 0) is 41.7 Å². The van der Waals surface area contributed by atoms with Crippen molar-refractivity contribution < 1.29 is 41.1 Å². The van der Waals surface area contributed by atoms with Gasteiger partial charge in [-0.25, -0.2) is 0 Å². The summed E-state index contributed by atoms with van der Waals surface area (Å²) in [4.78, 5) is 50.5. The SMILES string of the molecule is O=C1CCC(N2C(=O)c3cccc(S(=O)CCOCCCc4ccc(S(=O)(=O)O)cc4)c3C2=O)C(=O)N1. The Labute approximate surface area is 215 Å². The number of aryl methyl sites for hydroxylation is 1. The Hall–Kier alpha value is -3.26. The van der Waals surface area contributed by atoms with E-state index < -0.39 is 50.6 Å². The molecule has 1 saturated heterocycles. The lowest BCUT2D eigenvalue weighted by atomic mass is 10.0. The molecule has 2 aromatic rings. The number of carbonyl (C=O) groups is 4. The Kier molecular flexibility index (Phi) is 7.97. The molecule has 2 atom stereocenters. The van der Waals surface area contributed by atoms with Crippen molar-refractivity contribution in [3.63, 3.8) is 0 Å². The second kappa shape index (κ2) is 11.0. The number of amides is 4. The predicted octanol–water partition coefficient (Wildman–Crippen LogP) is 1.09. The van der Waals surface area contributed by atoms with Crippen molar-refractivity contribution in [2.75, 3.05) is 19.0 Å². The lowest BCUT2D eigenvalue weighted by molar-refractivity contribution is -0.136. The number of benzene rings is 2. The van der Waals surface area contributed by atoms with E-state index in [1.165, 1.54) is 30.3 Å². The van der Waals surface area contributed by atoms with Gasteiger partial charge in [0.05, 0.1) is 44.1 Å². The zero-order valence-electron chi connectivity index (χ0n) is 19.5. The maximum atomic E-state index is 13.1. The lowest BCUT2D eigenvalue weighted by Crippen LogP contribution is -2.54. The van der Waals surface area contributed by atoms with Crippen LogP contribution in [0, 0.1) is 0 Å². The van der Waals surface area contributed by atoms with E-state index in [1.807, 2.05) is 0 Å². The maximum Gasteiger partial charge on any atom is 0.294 e. The molecule has 0 aliphatic carbocycles. The van der Waals surface area contributed by atoms with E-state index in [2.05, 4.69) is 5.32 Å². The molecule has 11 nitrogen and oxygen atoms in total. The minimum atomic E-state index is -4.23. The highest BCUT2D eigenvalue weighted by molar-refractivity contribution is 7.86. The Morgan fingerprint density at radius 1 is 1.03 bits per heavy atom. The summed E-state index contributed by atoms with van der Waals surface area (Å²) in [6, 6.07) is 9.22. The van der Waals surface area contributed by atoms with Gasteiger partial charge in [-0.15, -0.1) is 0 Å². The molecular formula is C24H24N2O9S2. The van der Waals surface area contributed by atoms with Crippen LogP contribution in [0.4, 0.5) is 0 Å². The van der Waals surface area contributed by atoms with Crippen LogP contribution in [0.5, 0.6) is 0 Å². The third-order valence-electron chi connectivity index (χ3n) is 6.06. The number of nitrogens with zero attached hydrogens (tertiary/aromatic N) is 1. The first-order valence-corrected chi connectivity index (χ1v) is 14.2. The van der Waals surface area contributed by atoms with E-state index in [0.717, 1.165) is 10.5 Å². The molecule has 0 saturated carbocycles. The number of nitrogens with one attached hydrogen (secondary N) is 1. The third kappa shape index (κ3) is 5.85. The van der Waals surface area contributed by atoms with Crippen molar-refractivity contribution in [1.82, 2.24) is 10.2 Å². The number of piperidine rings is 1. The Balaban J connectivity index is 1.31. The first-order valence-electron chi connectivity index (χ1n) is 11.4. The monoisotopic (exact) mass is 548 g/mol. The zero-order valence-corrected chi connectivity index (χ0v) is 21.2. The van der Waals surface area contributed by atoms with Gasteiger partial charge in [0.1, 0.15) is 6.04 Å². The number of hydrogen-bond donors (Lipinski definition) is 2.